The van der Waals surface area contributed by atoms with E-state index in [4.69, 9.17) is 0 Å². The Hall–Kier alpha value is -1.42. The Morgan fingerprint density at radius 1 is 1.38 bits per heavy atom. The first-order valence-electron chi connectivity index (χ1n) is 5.19. The van der Waals surface area contributed by atoms with Crippen LogP contribution in [0.2, 0.25) is 0 Å². The molecule has 0 aliphatic rings. The molecule has 16 heavy (non-hydrogen) atoms. The first kappa shape index (κ1) is 12.6. The van der Waals surface area contributed by atoms with Gasteiger partial charge >= 0.3 is 5.97 Å². The normalized spacial score (nSPS) is 15.5. The van der Waals surface area contributed by atoms with Crippen molar-refractivity contribution in [2.24, 2.45) is 0 Å². The number of nitrogens with zero attached hydrogens (tertiary/aromatic N) is 1. The summed E-state index contributed by atoms with van der Waals surface area (Å²) in [6, 6.07) is 3.50. The van der Waals surface area contributed by atoms with Gasteiger partial charge in [0.2, 0.25) is 0 Å². The molecular weight excluding hydrogens is 204 g/mol. The molecule has 1 atom stereocenters. The zero-order valence-electron chi connectivity index (χ0n) is 10.1. The van der Waals surface area contributed by atoms with Gasteiger partial charge in [0.1, 0.15) is 5.54 Å². The third kappa shape index (κ3) is 2.79. The van der Waals surface area contributed by atoms with Crippen molar-refractivity contribution >= 4 is 5.97 Å². The van der Waals surface area contributed by atoms with E-state index < -0.39 is 11.5 Å². The lowest BCUT2D eigenvalue weighted by Crippen LogP contribution is -2.54. The Labute approximate surface area is 95.7 Å². The van der Waals surface area contributed by atoms with Crippen molar-refractivity contribution in [3.05, 3.63) is 30.1 Å². The highest BCUT2D eigenvalue weighted by atomic mass is 16.4. The van der Waals surface area contributed by atoms with E-state index in [0.717, 1.165) is 0 Å². The molecule has 4 heteroatoms. The van der Waals surface area contributed by atoms with Crippen LogP contribution in [-0.4, -0.2) is 21.6 Å². The van der Waals surface area contributed by atoms with Crippen LogP contribution in [0.4, 0.5) is 0 Å². The predicted molar refractivity (Wildman–Crippen MR) is 62.1 cm³/mol. The summed E-state index contributed by atoms with van der Waals surface area (Å²) >= 11 is 0. The third-order valence-corrected chi connectivity index (χ3v) is 2.29. The van der Waals surface area contributed by atoms with Crippen LogP contribution < -0.4 is 5.32 Å². The van der Waals surface area contributed by atoms with Crippen molar-refractivity contribution in [1.29, 1.82) is 0 Å². The highest BCUT2D eigenvalue weighted by molar-refractivity contribution is 5.80. The van der Waals surface area contributed by atoms with Crippen LogP contribution in [-0.2, 0) is 10.3 Å². The lowest BCUT2D eigenvalue weighted by molar-refractivity contribution is -0.145. The van der Waals surface area contributed by atoms with Gasteiger partial charge in [-0.1, -0.05) is 6.07 Å². The molecule has 0 aromatic carbocycles. The molecule has 4 nitrogen and oxygen atoms in total. The number of carboxylic acid groups (broad SMARTS) is 1. The molecule has 0 saturated carbocycles. The van der Waals surface area contributed by atoms with Crippen molar-refractivity contribution in [2.75, 3.05) is 0 Å². The van der Waals surface area contributed by atoms with E-state index in [1.807, 2.05) is 20.8 Å². The number of hydrogen-bond acceptors (Lipinski definition) is 3. The van der Waals surface area contributed by atoms with E-state index in [1.165, 1.54) is 0 Å². The molecule has 0 aliphatic heterocycles. The van der Waals surface area contributed by atoms with Crippen molar-refractivity contribution < 1.29 is 9.90 Å². The minimum Gasteiger partial charge on any atom is -0.480 e. The second-order valence-corrected chi connectivity index (χ2v) is 5.05. The molecule has 0 aliphatic carbocycles. The Balaban J connectivity index is 3.13. The van der Waals surface area contributed by atoms with Crippen LogP contribution in [0.1, 0.15) is 33.3 Å². The van der Waals surface area contributed by atoms with E-state index >= 15 is 0 Å². The maximum atomic E-state index is 11.4. The third-order valence-electron chi connectivity index (χ3n) is 2.29. The lowest BCUT2D eigenvalue weighted by Gasteiger charge is -2.34. The number of nitrogens with one attached hydrogen (secondary N) is 1. The summed E-state index contributed by atoms with van der Waals surface area (Å²) in [5.41, 5.74) is -0.757. The Bertz CT molecular complexity index is 370. The van der Waals surface area contributed by atoms with Crippen molar-refractivity contribution in [3.63, 3.8) is 0 Å². The molecule has 1 heterocycles. The number of carboxylic acids is 1. The molecule has 88 valence electrons. The topological polar surface area (TPSA) is 62.2 Å². The Morgan fingerprint density at radius 3 is 2.38 bits per heavy atom. The molecule has 2 N–H and O–H groups in total. The Kier molecular flexibility index (Phi) is 3.33. The van der Waals surface area contributed by atoms with E-state index in [1.54, 1.807) is 31.5 Å². The van der Waals surface area contributed by atoms with Gasteiger partial charge in [0.25, 0.3) is 0 Å². The van der Waals surface area contributed by atoms with Gasteiger partial charge in [-0.05, 0) is 33.8 Å². The summed E-state index contributed by atoms with van der Waals surface area (Å²) in [5.74, 6) is -0.907. The first-order valence-corrected chi connectivity index (χ1v) is 5.19. The van der Waals surface area contributed by atoms with Crippen LogP contribution in [0.15, 0.2) is 24.5 Å². The minimum atomic E-state index is -1.12. The maximum absolute atomic E-state index is 11.4. The maximum Gasteiger partial charge on any atom is 0.328 e. The van der Waals surface area contributed by atoms with Gasteiger partial charge in [-0.25, -0.2) is 4.79 Å². The number of aromatic nitrogens is 1. The summed E-state index contributed by atoms with van der Waals surface area (Å²) in [6.45, 7) is 7.46. The summed E-state index contributed by atoms with van der Waals surface area (Å²) in [6.07, 6.45) is 3.20. The van der Waals surface area contributed by atoms with Crippen LogP contribution in [0, 0.1) is 0 Å². The molecule has 0 bridgehead atoms. The quantitative estimate of drug-likeness (QED) is 0.818. The number of hydrogen-bond donors (Lipinski definition) is 2. The fraction of sp³-hybridized carbons (Fsp3) is 0.500. The molecule has 0 spiro atoms. The van der Waals surface area contributed by atoms with E-state index in [0.29, 0.717) is 5.56 Å². The van der Waals surface area contributed by atoms with Gasteiger partial charge in [-0.2, -0.15) is 0 Å². The highest BCUT2D eigenvalue weighted by Crippen LogP contribution is 2.23. The monoisotopic (exact) mass is 222 g/mol. The Morgan fingerprint density at radius 2 is 2.00 bits per heavy atom. The first-order chi connectivity index (χ1) is 7.26. The molecule has 0 saturated heterocycles. The molecule has 1 aromatic heterocycles. The van der Waals surface area contributed by atoms with Crippen LogP contribution >= 0.6 is 0 Å². The lowest BCUT2D eigenvalue weighted by atomic mass is 9.90. The van der Waals surface area contributed by atoms with Gasteiger partial charge < -0.3 is 5.11 Å². The second kappa shape index (κ2) is 4.22. The number of pyridine rings is 1. The molecule has 1 rings (SSSR count). The van der Waals surface area contributed by atoms with Gasteiger partial charge in [0.05, 0.1) is 0 Å². The van der Waals surface area contributed by atoms with Crippen LogP contribution in [0.25, 0.3) is 0 Å². The van der Waals surface area contributed by atoms with Crippen LogP contribution in [0.3, 0.4) is 0 Å². The molecule has 1 aromatic rings. The second-order valence-electron chi connectivity index (χ2n) is 5.05. The fourth-order valence-electron chi connectivity index (χ4n) is 1.66. The number of rotatable bonds is 3. The van der Waals surface area contributed by atoms with E-state index in [-0.39, 0.29) is 5.54 Å². The zero-order chi connectivity index (χ0) is 12.4. The summed E-state index contributed by atoms with van der Waals surface area (Å²) in [7, 11) is 0. The summed E-state index contributed by atoms with van der Waals surface area (Å²) < 4.78 is 0. The standard InChI is InChI=1S/C12H18N2O2/c1-11(2,3)14-12(4,10(15)16)9-6-5-7-13-8-9/h5-8,14H,1-4H3,(H,15,16). The number of carbonyl (C=O) groups is 1. The highest BCUT2D eigenvalue weighted by Gasteiger charge is 2.38. The van der Waals surface area contributed by atoms with Gasteiger partial charge in [0, 0.05) is 23.5 Å². The largest absolute Gasteiger partial charge is 0.480 e. The molecular formula is C12H18N2O2. The van der Waals surface area contributed by atoms with Gasteiger partial charge in [-0.3, -0.25) is 10.3 Å². The van der Waals surface area contributed by atoms with Crippen molar-refractivity contribution in [2.45, 2.75) is 38.8 Å². The van der Waals surface area contributed by atoms with E-state index in [2.05, 4.69) is 10.3 Å². The van der Waals surface area contributed by atoms with E-state index in [9.17, 15) is 9.90 Å². The summed E-state index contributed by atoms with van der Waals surface area (Å²) in [5, 5.41) is 12.5. The average Bonchev–Trinajstić information content (AvgIpc) is 2.16. The smallest absolute Gasteiger partial charge is 0.328 e. The summed E-state index contributed by atoms with van der Waals surface area (Å²) in [4.78, 5) is 15.4. The minimum absolute atomic E-state index is 0.289. The zero-order valence-corrected chi connectivity index (χ0v) is 10.1. The molecule has 1 unspecified atom stereocenters. The molecule has 0 amide bonds. The molecule has 0 radical (unpaired) electrons. The molecule has 0 fully saturated rings. The van der Waals surface area contributed by atoms with Gasteiger partial charge in [0.15, 0.2) is 0 Å². The van der Waals surface area contributed by atoms with Crippen molar-refractivity contribution in [3.8, 4) is 0 Å². The van der Waals surface area contributed by atoms with Crippen molar-refractivity contribution in [1.82, 2.24) is 10.3 Å². The predicted octanol–water partition coefficient (Wildman–Crippen LogP) is 1.77. The van der Waals surface area contributed by atoms with Crippen LogP contribution in [0.5, 0.6) is 0 Å². The van der Waals surface area contributed by atoms with Gasteiger partial charge in [-0.15, -0.1) is 0 Å². The fourth-order valence-corrected chi connectivity index (χ4v) is 1.66. The SMILES string of the molecule is CC(C)(C)NC(C)(C(=O)O)c1cccnc1. The average molecular weight is 222 g/mol. The number of aliphatic carboxylic acids is 1.